The maximum atomic E-state index is 5.22. The second-order valence-electron chi connectivity index (χ2n) is 3.05. The van der Waals surface area contributed by atoms with Crippen LogP contribution in [0.15, 0.2) is 35.5 Å². The highest BCUT2D eigenvalue weighted by Crippen LogP contribution is 2.28. The largest absolute Gasteiger partial charge is 0.387 e. The van der Waals surface area contributed by atoms with Crippen LogP contribution in [0.25, 0.3) is 0 Å². The summed E-state index contributed by atoms with van der Waals surface area (Å²) in [5.41, 5.74) is 1.20. The van der Waals surface area contributed by atoms with Crippen LogP contribution in [0.5, 0.6) is 0 Å². The van der Waals surface area contributed by atoms with Crippen LogP contribution >= 0.6 is 0 Å². The van der Waals surface area contributed by atoms with Crippen LogP contribution < -0.4 is 0 Å². The normalized spacial score (nSPS) is 27.1. The second-order valence-corrected chi connectivity index (χ2v) is 3.05. The summed E-state index contributed by atoms with van der Waals surface area (Å²) >= 11 is 0. The fraction of sp³-hybridized carbons (Fsp3) is 0.300. The van der Waals surface area contributed by atoms with Crippen molar-refractivity contribution in [3.8, 4) is 0 Å². The van der Waals surface area contributed by atoms with E-state index in [0.29, 0.717) is 5.92 Å². The smallest absolute Gasteiger partial charge is 0.160 e. The summed E-state index contributed by atoms with van der Waals surface area (Å²) in [7, 11) is 0. The quantitative estimate of drug-likeness (QED) is 0.619. The summed E-state index contributed by atoms with van der Waals surface area (Å²) < 4.78 is 0. The molecule has 1 aliphatic rings. The van der Waals surface area contributed by atoms with E-state index in [9.17, 15) is 0 Å². The van der Waals surface area contributed by atoms with Crippen molar-refractivity contribution < 1.29 is 4.84 Å². The summed E-state index contributed by atoms with van der Waals surface area (Å²) in [4.78, 5) is 5.22. The van der Waals surface area contributed by atoms with Crippen molar-refractivity contribution >= 4 is 6.21 Å². The SMILES string of the molecule is CC1C=NOC1c1ccccc1. The molecule has 0 N–H and O–H groups in total. The third kappa shape index (κ3) is 1.20. The first-order valence-electron chi connectivity index (χ1n) is 4.12. The Morgan fingerprint density at radius 3 is 2.58 bits per heavy atom. The molecule has 0 aliphatic carbocycles. The zero-order valence-electron chi connectivity index (χ0n) is 6.97. The van der Waals surface area contributed by atoms with E-state index in [1.807, 2.05) is 24.4 Å². The molecular weight excluding hydrogens is 150 g/mol. The Kier molecular flexibility index (Phi) is 1.82. The molecule has 1 heterocycles. The third-order valence-electron chi connectivity index (χ3n) is 2.08. The van der Waals surface area contributed by atoms with Gasteiger partial charge in [0.05, 0.1) is 6.21 Å². The van der Waals surface area contributed by atoms with Gasteiger partial charge in [-0.2, -0.15) is 0 Å². The third-order valence-corrected chi connectivity index (χ3v) is 2.08. The first kappa shape index (κ1) is 7.35. The van der Waals surface area contributed by atoms with Gasteiger partial charge in [0.25, 0.3) is 0 Å². The molecule has 1 aliphatic heterocycles. The zero-order chi connectivity index (χ0) is 8.39. The molecule has 0 aromatic heterocycles. The highest BCUT2D eigenvalue weighted by atomic mass is 16.6. The Balaban J connectivity index is 2.22. The van der Waals surface area contributed by atoms with Crippen molar-refractivity contribution in [2.24, 2.45) is 11.1 Å². The summed E-state index contributed by atoms with van der Waals surface area (Å²) in [5.74, 6) is 0.382. The van der Waals surface area contributed by atoms with Crippen LogP contribution in [0.3, 0.4) is 0 Å². The molecule has 2 rings (SSSR count). The van der Waals surface area contributed by atoms with Gasteiger partial charge in [-0.3, -0.25) is 0 Å². The molecule has 2 heteroatoms. The van der Waals surface area contributed by atoms with Crippen LogP contribution in [0, 0.1) is 5.92 Å². The maximum absolute atomic E-state index is 5.22. The fourth-order valence-electron chi connectivity index (χ4n) is 1.38. The van der Waals surface area contributed by atoms with Gasteiger partial charge in [-0.05, 0) is 5.56 Å². The first-order chi connectivity index (χ1) is 5.88. The molecule has 2 nitrogen and oxygen atoms in total. The zero-order valence-corrected chi connectivity index (χ0v) is 6.97. The molecule has 0 saturated heterocycles. The van der Waals surface area contributed by atoms with E-state index in [4.69, 9.17) is 4.84 Å². The molecule has 2 atom stereocenters. The average molecular weight is 161 g/mol. The van der Waals surface area contributed by atoms with Crippen LogP contribution in [-0.2, 0) is 4.84 Å². The lowest BCUT2D eigenvalue weighted by Crippen LogP contribution is -2.05. The highest BCUT2D eigenvalue weighted by molar-refractivity contribution is 5.62. The minimum atomic E-state index is 0.117. The number of benzene rings is 1. The Morgan fingerprint density at radius 1 is 1.25 bits per heavy atom. The van der Waals surface area contributed by atoms with E-state index in [0.717, 1.165) is 0 Å². The van der Waals surface area contributed by atoms with Crippen molar-refractivity contribution in [2.75, 3.05) is 0 Å². The number of oxime groups is 1. The first-order valence-corrected chi connectivity index (χ1v) is 4.12. The molecule has 0 saturated carbocycles. The van der Waals surface area contributed by atoms with Crippen molar-refractivity contribution in [2.45, 2.75) is 13.0 Å². The molecule has 0 amide bonds. The molecule has 0 spiro atoms. The van der Waals surface area contributed by atoms with Gasteiger partial charge in [-0.1, -0.05) is 42.4 Å². The molecule has 2 unspecified atom stereocenters. The lowest BCUT2D eigenvalue weighted by Gasteiger charge is -2.12. The monoisotopic (exact) mass is 161 g/mol. The minimum absolute atomic E-state index is 0.117. The van der Waals surface area contributed by atoms with Crippen molar-refractivity contribution in [3.05, 3.63) is 35.9 Å². The van der Waals surface area contributed by atoms with Crippen LogP contribution in [0.1, 0.15) is 18.6 Å². The van der Waals surface area contributed by atoms with E-state index in [-0.39, 0.29) is 6.10 Å². The average Bonchev–Trinajstić information content (AvgIpc) is 2.53. The maximum Gasteiger partial charge on any atom is 0.160 e. The molecule has 1 aromatic carbocycles. The number of rotatable bonds is 1. The van der Waals surface area contributed by atoms with E-state index in [2.05, 4.69) is 24.2 Å². The second kappa shape index (κ2) is 2.97. The van der Waals surface area contributed by atoms with Gasteiger partial charge in [-0.15, -0.1) is 0 Å². The van der Waals surface area contributed by atoms with E-state index >= 15 is 0 Å². The summed E-state index contributed by atoms with van der Waals surface area (Å²) in [5, 5.41) is 3.80. The van der Waals surface area contributed by atoms with Gasteiger partial charge in [-0.25, -0.2) is 0 Å². The molecule has 0 fully saturated rings. The molecule has 12 heavy (non-hydrogen) atoms. The van der Waals surface area contributed by atoms with E-state index in [1.165, 1.54) is 5.56 Å². The molecule has 0 bridgehead atoms. The van der Waals surface area contributed by atoms with Crippen molar-refractivity contribution in [3.63, 3.8) is 0 Å². The summed E-state index contributed by atoms with van der Waals surface area (Å²) in [6.07, 6.45) is 1.96. The lowest BCUT2D eigenvalue weighted by molar-refractivity contribution is 0.0653. The Labute approximate surface area is 71.8 Å². The highest BCUT2D eigenvalue weighted by Gasteiger charge is 2.23. The molecular formula is C10H11NO. The van der Waals surface area contributed by atoms with Crippen molar-refractivity contribution in [1.82, 2.24) is 0 Å². The predicted molar refractivity (Wildman–Crippen MR) is 47.9 cm³/mol. The van der Waals surface area contributed by atoms with E-state index < -0.39 is 0 Å². The molecule has 1 aromatic rings. The number of hydrogen-bond acceptors (Lipinski definition) is 2. The number of nitrogens with zero attached hydrogens (tertiary/aromatic N) is 1. The van der Waals surface area contributed by atoms with Gasteiger partial charge in [0.15, 0.2) is 6.10 Å². The van der Waals surface area contributed by atoms with Gasteiger partial charge in [0.1, 0.15) is 0 Å². The topological polar surface area (TPSA) is 21.6 Å². The lowest BCUT2D eigenvalue weighted by atomic mass is 9.99. The van der Waals surface area contributed by atoms with Gasteiger partial charge in [0, 0.05) is 5.92 Å². The van der Waals surface area contributed by atoms with Gasteiger partial charge < -0.3 is 4.84 Å². The summed E-state index contributed by atoms with van der Waals surface area (Å²) in [6.45, 7) is 2.11. The molecule has 62 valence electrons. The van der Waals surface area contributed by atoms with Crippen LogP contribution in [0.4, 0.5) is 0 Å². The Morgan fingerprint density at radius 2 is 2.00 bits per heavy atom. The van der Waals surface area contributed by atoms with Gasteiger partial charge in [0.2, 0.25) is 0 Å². The minimum Gasteiger partial charge on any atom is -0.387 e. The Bertz CT molecular complexity index is 281. The van der Waals surface area contributed by atoms with Crippen LogP contribution in [-0.4, -0.2) is 6.21 Å². The summed E-state index contributed by atoms with van der Waals surface area (Å²) in [6, 6.07) is 10.2. The predicted octanol–water partition coefficient (Wildman–Crippen LogP) is 2.38. The van der Waals surface area contributed by atoms with Crippen LogP contribution in [0.2, 0.25) is 0 Å². The Hall–Kier alpha value is -1.31. The van der Waals surface area contributed by atoms with E-state index in [1.54, 1.807) is 0 Å². The molecule has 0 radical (unpaired) electrons. The van der Waals surface area contributed by atoms with Gasteiger partial charge >= 0.3 is 0 Å². The fourth-order valence-corrected chi connectivity index (χ4v) is 1.38. The number of hydrogen-bond donors (Lipinski definition) is 0. The standard InChI is InChI=1S/C10H11NO/c1-8-7-11-12-10(8)9-5-3-2-4-6-9/h2-8,10H,1H3. The van der Waals surface area contributed by atoms with Crippen molar-refractivity contribution in [1.29, 1.82) is 0 Å².